The van der Waals surface area contributed by atoms with E-state index in [-0.39, 0.29) is 6.29 Å². The van der Waals surface area contributed by atoms with E-state index in [1.54, 1.807) is 0 Å². The van der Waals surface area contributed by atoms with Gasteiger partial charge in [-0.2, -0.15) is 0 Å². The summed E-state index contributed by atoms with van der Waals surface area (Å²) >= 11 is 0. The lowest BCUT2D eigenvalue weighted by atomic mass is 9.95. The molecule has 1 saturated carbocycles. The summed E-state index contributed by atoms with van der Waals surface area (Å²) in [4.78, 5) is 0. The van der Waals surface area contributed by atoms with Gasteiger partial charge in [0.25, 0.3) is 0 Å². The maximum atomic E-state index is 6.04. The van der Waals surface area contributed by atoms with Crippen LogP contribution in [-0.2, 0) is 9.47 Å². The van der Waals surface area contributed by atoms with Gasteiger partial charge in [-0.25, -0.2) is 0 Å². The second-order valence-corrected chi connectivity index (χ2v) is 6.73. The average Bonchev–Trinajstić information content (AvgIpc) is 2.70. The van der Waals surface area contributed by atoms with E-state index in [4.69, 9.17) is 9.47 Å². The standard InChI is InChI=1S/C16H30O2/c1-12(2)7-6-8-13(3)11-16-17-14-9-4-5-10-15(14)18-16/h12-16H,4-11H2,1-3H3/t13-,14?,15?,16?/m1/s1. The van der Waals surface area contributed by atoms with E-state index < -0.39 is 0 Å². The molecule has 1 heterocycles. The molecule has 2 fully saturated rings. The second-order valence-electron chi connectivity index (χ2n) is 6.73. The molecule has 2 rings (SSSR count). The lowest BCUT2D eigenvalue weighted by Crippen LogP contribution is -2.25. The average molecular weight is 254 g/mol. The molecule has 18 heavy (non-hydrogen) atoms. The van der Waals surface area contributed by atoms with Crippen molar-refractivity contribution in [3.63, 3.8) is 0 Å². The van der Waals surface area contributed by atoms with Crippen LogP contribution in [0.15, 0.2) is 0 Å². The Bertz CT molecular complexity index is 225. The van der Waals surface area contributed by atoms with E-state index in [0.29, 0.717) is 12.2 Å². The Labute approximate surface area is 112 Å². The normalized spacial score (nSPS) is 33.7. The highest BCUT2D eigenvalue weighted by Gasteiger charge is 2.37. The van der Waals surface area contributed by atoms with Crippen LogP contribution in [0.2, 0.25) is 0 Å². The maximum absolute atomic E-state index is 6.04. The van der Waals surface area contributed by atoms with Crippen LogP contribution < -0.4 is 0 Å². The van der Waals surface area contributed by atoms with Crippen molar-refractivity contribution in [1.29, 1.82) is 0 Å². The third kappa shape index (κ3) is 4.24. The molecule has 3 atom stereocenters. The van der Waals surface area contributed by atoms with E-state index in [0.717, 1.165) is 18.3 Å². The molecule has 0 aromatic heterocycles. The number of hydrogen-bond acceptors (Lipinski definition) is 2. The molecular weight excluding hydrogens is 224 g/mol. The molecule has 2 aliphatic rings. The van der Waals surface area contributed by atoms with Crippen LogP contribution >= 0.6 is 0 Å². The van der Waals surface area contributed by atoms with Crippen LogP contribution in [0.1, 0.15) is 72.1 Å². The van der Waals surface area contributed by atoms with Crippen LogP contribution in [0.4, 0.5) is 0 Å². The molecule has 1 aliphatic heterocycles. The number of rotatable bonds is 6. The van der Waals surface area contributed by atoms with E-state index in [1.165, 1.54) is 44.9 Å². The fourth-order valence-corrected chi connectivity index (χ4v) is 3.23. The van der Waals surface area contributed by atoms with Gasteiger partial charge >= 0.3 is 0 Å². The Balaban J connectivity index is 1.64. The molecule has 0 amide bonds. The molecular formula is C16H30O2. The lowest BCUT2D eigenvalue weighted by molar-refractivity contribution is -0.0781. The molecule has 2 heteroatoms. The second kappa shape index (κ2) is 6.91. The predicted molar refractivity (Wildman–Crippen MR) is 74.5 cm³/mol. The lowest BCUT2D eigenvalue weighted by Gasteiger charge is -2.21. The fraction of sp³-hybridized carbons (Fsp3) is 1.00. The number of ether oxygens (including phenoxy) is 2. The third-order valence-electron chi connectivity index (χ3n) is 4.37. The molecule has 1 aliphatic carbocycles. The molecule has 106 valence electrons. The number of fused-ring (bicyclic) bond motifs is 1. The van der Waals surface area contributed by atoms with Gasteiger partial charge in [-0.3, -0.25) is 0 Å². The Morgan fingerprint density at radius 1 is 0.944 bits per heavy atom. The van der Waals surface area contributed by atoms with Crippen molar-refractivity contribution in [2.75, 3.05) is 0 Å². The molecule has 0 bridgehead atoms. The van der Waals surface area contributed by atoms with Crippen molar-refractivity contribution in [2.45, 2.75) is 90.6 Å². The highest BCUT2D eigenvalue weighted by Crippen LogP contribution is 2.34. The molecule has 1 saturated heterocycles. The van der Waals surface area contributed by atoms with Crippen LogP contribution in [0.25, 0.3) is 0 Å². The van der Waals surface area contributed by atoms with Gasteiger partial charge in [0.1, 0.15) is 0 Å². The van der Waals surface area contributed by atoms with Crippen molar-refractivity contribution < 1.29 is 9.47 Å². The monoisotopic (exact) mass is 254 g/mol. The summed E-state index contributed by atoms with van der Waals surface area (Å²) < 4.78 is 12.1. The minimum Gasteiger partial charge on any atom is -0.347 e. The molecule has 2 nitrogen and oxygen atoms in total. The van der Waals surface area contributed by atoms with Crippen LogP contribution in [0.5, 0.6) is 0 Å². The third-order valence-corrected chi connectivity index (χ3v) is 4.37. The zero-order chi connectivity index (χ0) is 13.0. The SMILES string of the molecule is CC(C)CCC[C@@H](C)CC1OC2CCCCC2O1. The first-order chi connectivity index (χ1) is 8.65. The van der Waals surface area contributed by atoms with Crippen LogP contribution in [0.3, 0.4) is 0 Å². The molecule has 0 aromatic carbocycles. The van der Waals surface area contributed by atoms with Crippen molar-refractivity contribution >= 4 is 0 Å². The summed E-state index contributed by atoms with van der Waals surface area (Å²) in [5.41, 5.74) is 0. The maximum Gasteiger partial charge on any atom is 0.158 e. The van der Waals surface area contributed by atoms with Crippen molar-refractivity contribution in [2.24, 2.45) is 11.8 Å². The van der Waals surface area contributed by atoms with Gasteiger partial charge in [0.05, 0.1) is 12.2 Å². The van der Waals surface area contributed by atoms with Gasteiger partial charge < -0.3 is 9.47 Å². The summed E-state index contributed by atoms with van der Waals surface area (Å²) in [7, 11) is 0. The van der Waals surface area contributed by atoms with Crippen LogP contribution in [0, 0.1) is 11.8 Å². The molecule has 0 aromatic rings. The highest BCUT2D eigenvalue weighted by molar-refractivity contribution is 4.82. The highest BCUT2D eigenvalue weighted by atomic mass is 16.7. The fourth-order valence-electron chi connectivity index (χ4n) is 3.23. The summed E-state index contributed by atoms with van der Waals surface area (Å²) in [6.07, 6.45) is 11.1. The van der Waals surface area contributed by atoms with Gasteiger partial charge in [0.2, 0.25) is 0 Å². The van der Waals surface area contributed by atoms with E-state index in [2.05, 4.69) is 20.8 Å². The van der Waals surface area contributed by atoms with Crippen molar-refractivity contribution in [3.8, 4) is 0 Å². The van der Waals surface area contributed by atoms with Crippen molar-refractivity contribution in [3.05, 3.63) is 0 Å². The smallest absolute Gasteiger partial charge is 0.158 e. The molecule has 0 N–H and O–H groups in total. The van der Waals surface area contributed by atoms with Gasteiger partial charge in [0, 0.05) is 6.42 Å². The van der Waals surface area contributed by atoms with Gasteiger partial charge in [0.15, 0.2) is 6.29 Å². The summed E-state index contributed by atoms with van der Waals surface area (Å²) in [6, 6.07) is 0. The largest absolute Gasteiger partial charge is 0.347 e. The molecule has 0 spiro atoms. The first-order valence-corrected chi connectivity index (χ1v) is 7.96. The Morgan fingerprint density at radius 2 is 1.56 bits per heavy atom. The minimum atomic E-state index is 0.0900. The van der Waals surface area contributed by atoms with Crippen LogP contribution in [-0.4, -0.2) is 18.5 Å². The Morgan fingerprint density at radius 3 is 2.11 bits per heavy atom. The topological polar surface area (TPSA) is 18.5 Å². The van der Waals surface area contributed by atoms with E-state index in [1.807, 2.05) is 0 Å². The first-order valence-electron chi connectivity index (χ1n) is 7.96. The molecule has 0 radical (unpaired) electrons. The Kier molecular flexibility index (Phi) is 5.50. The summed E-state index contributed by atoms with van der Waals surface area (Å²) in [5.74, 6) is 1.56. The molecule has 2 unspecified atom stereocenters. The minimum absolute atomic E-state index is 0.0900. The zero-order valence-corrected chi connectivity index (χ0v) is 12.4. The zero-order valence-electron chi connectivity index (χ0n) is 12.4. The first kappa shape index (κ1) is 14.3. The van der Waals surface area contributed by atoms with Gasteiger partial charge in [-0.1, -0.05) is 52.9 Å². The van der Waals surface area contributed by atoms with Crippen molar-refractivity contribution in [1.82, 2.24) is 0 Å². The summed E-state index contributed by atoms with van der Waals surface area (Å²) in [6.45, 7) is 6.95. The van der Waals surface area contributed by atoms with Gasteiger partial charge in [-0.15, -0.1) is 0 Å². The quantitative estimate of drug-likeness (QED) is 0.693. The van der Waals surface area contributed by atoms with E-state index >= 15 is 0 Å². The van der Waals surface area contributed by atoms with E-state index in [9.17, 15) is 0 Å². The van der Waals surface area contributed by atoms with Gasteiger partial charge in [-0.05, 0) is 24.7 Å². The number of hydrogen-bond donors (Lipinski definition) is 0. The predicted octanol–water partition coefficient (Wildman–Crippen LogP) is 4.52. The Hall–Kier alpha value is -0.0800. The summed E-state index contributed by atoms with van der Waals surface area (Å²) in [5, 5.41) is 0.